The number of anilines is 1. The number of carbonyl (C=O) groups excluding carboxylic acids is 2. The molecule has 0 aliphatic heterocycles. The first-order chi connectivity index (χ1) is 22.6. The van der Waals surface area contributed by atoms with Crippen LogP contribution < -0.4 is 45.1 Å². The standard InChI is InChI=1S/C36H45N3O8/c1-8-21(2)33(36(42)37-17-18-47-25-12-10-24(43-4)11-13-25)39-29-16-14-26-27(20-30(29)41)28(38-22(3)40)15-9-23-19-31(44-5)34(45-6)35(46-7)32(23)26/h10-14,16,19-21,28,33H,8-9,15,17-18H2,1-7H3,(H,37,42)(H,38,40)(H,39,41). The number of benzene rings is 2. The van der Waals surface area contributed by atoms with Crippen molar-refractivity contribution >= 4 is 17.5 Å². The van der Waals surface area contributed by atoms with Gasteiger partial charge in [-0.25, -0.2) is 0 Å². The van der Waals surface area contributed by atoms with Gasteiger partial charge in [0, 0.05) is 12.5 Å². The maximum atomic E-state index is 13.8. The van der Waals surface area contributed by atoms with E-state index in [0.29, 0.717) is 53.4 Å². The Morgan fingerprint density at radius 1 is 0.915 bits per heavy atom. The van der Waals surface area contributed by atoms with E-state index in [1.54, 1.807) is 58.8 Å². The molecule has 252 valence electrons. The molecule has 3 N–H and O–H groups in total. The van der Waals surface area contributed by atoms with Crippen molar-refractivity contribution in [1.82, 2.24) is 10.6 Å². The summed E-state index contributed by atoms with van der Waals surface area (Å²) in [7, 11) is 6.26. The van der Waals surface area contributed by atoms with Gasteiger partial charge in [-0.3, -0.25) is 14.4 Å². The van der Waals surface area contributed by atoms with E-state index in [9.17, 15) is 14.4 Å². The fourth-order valence-corrected chi connectivity index (χ4v) is 5.82. The maximum absolute atomic E-state index is 13.8. The molecule has 3 unspecified atom stereocenters. The Labute approximate surface area is 275 Å². The molecular formula is C36H45N3O8. The number of rotatable bonds is 14. The monoisotopic (exact) mass is 647 g/mol. The van der Waals surface area contributed by atoms with Crippen LogP contribution in [-0.2, 0) is 16.0 Å². The summed E-state index contributed by atoms with van der Waals surface area (Å²) in [4.78, 5) is 39.6. The van der Waals surface area contributed by atoms with E-state index in [2.05, 4.69) is 16.0 Å². The third kappa shape index (κ3) is 8.08. The summed E-state index contributed by atoms with van der Waals surface area (Å²) in [5, 5.41) is 9.19. The molecular weight excluding hydrogens is 602 g/mol. The third-order valence-corrected chi connectivity index (χ3v) is 8.45. The number of ether oxygens (including phenoxy) is 5. The minimum absolute atomic E-state index is 0.0927. The first-order valence-corrected chi connectivity index (χ1v) is 15.7. The maximum Gasteiger partial charge on any atom is 0.242 e. The van der Waals surface area contributed by atoms with E-state index in [1.807, 2.05) is 26.0 Å². The predicted octanol–water partition coefficient (Wildman–Crippen LogP) is 4.89. The van der Waals surface area contributed by atoms with Gasteiger partial charge in [-0.1, -0.05) is 26.3 Å². The fourth-order valence-electron chi connectivity index (χ4n) is 5.82. The first-order valence-electron chi connectivity index (χ1n) is 15.7. The SMILES string of the molecule is CCC(C)C(Nc1ccc2c(cc1=O)C(NC(C)=O)CCc1cc(OC)c(OC)c(OC)c1-2)C(=O)NCCOc1ccc(OC)cc1. The summed E-state index contributed by atoms with van der Waals surface area (Å²) in [5.41, 5.74) is 2.98. The van der Waals surface area contributed by atoms with Crippen LogP contribution in [0.4, 0.5) is 5.69 Å². The molecule has 0 radical (unpaired) electrons. The molecule has 1 aliphatic carbocycles. The van der Waals surface area contributed by atoms with E-state index < -0.39 is 12.1 Å². The van der Waals surface area contributed by atoms with Crippen molar-refractivity contribution in [2.24, 2.45) is 5.92 Å². The van der Waals surface area contributed by atoms with Crippen LogP contribution >= 0.6 is 0 Å². The highest BCUT2D eigenvalue weighted by Crippen LogP contribution is 2.50. The minimum Gasteiger partial charge on any atom is -0.497 e. The second-order valence-corrected chi connectivity index (χ2v) is 11.4. The number of aryl methyl sites for hydroxylation is 1. The van der Waals surface area contributed by atoms with Gasteiger partial charge in [-0.05, 0) is 77.9 Å². The number of hydrogen-bond acceptors (Lipinski definition) is 9. The zero-order valence-electron chi connectivity index (χ0n) is 28.2. The second kappa shape index (κ2) is 16.1. The van der Waals surface area contributed by atoms with Gasteiger partial charge >= 0.3 is 0 Å². The molecule has 0 heterocycles. The largest absolute Gasteiger partial charge is 0.497 e. The van der Waals surface area contributed by atoms with E-state index in [0.717, 1.165) is 16.9 Å². The second-order valence-electron chi connectivity index (χ2n) is 11.4. The normalized spacial score (nSPS) is 14.7. The van der Waals surface area contributed by atoms with Crippen LogP contribution in [0.2, 0.25) is 0 Å². The van der Waals surface area contributed by atoms with Gasteiger partial charge in [0.1, 0.15) is 24.1 Å². The van der Waals surface area contributed by atoms with Crippen molar-refractivity contribution in [3.05, 3.63) is 69.9 Å². The van der Waals surface area contributed by atoms with E-state index in [1.165, 1.54) is 13.0 Å². The highest BCUT2D eigenvalue weighted by Gasteiger charge is 2.30. The van der Waals surface area contributed by atoms with Crippen LogP contribution in [0.1, 0.15) is 50.8 Å². The van der Waals surface area contributed by atoms with E-state index >= 15 is 0 Å². The molecule has 3 aromatic rings. The van der Waals surface area contributed by atoms with Crippen molar-refractivity contribution < 1.29 is 33.3 Å². The summed E-state index contributed by atoms with van der Waals surface area (Å²) >= 11 is 0. The number of carbonyl (C=O) groups is 2. The van der Waals surface area contributed by atoms with Crippen molar-refractivity contribution in [2.75, 3.05) is 46.9 Å². The number of amides is 2. The summed E-state index contributed by atoms with van der Waals surface area (Å²) in [6.07, 6.45) is 1.84. The Balaban J connectivity index is 1.67. The molecule has 3 atom stereocenters. The molecule has 2 amide bonds. The van der Waals surface area contributed by atoms with Crippen LogP contribution in [0, 0.1) is 5.92 Å². The Hall–Kier alpha value is -4.93. The molecule has 0 spiro atoms. The van der Waals surface area contributed by atoms with Crippen LogP contribution in [0.5, 0.6) is 28.7 Å². The van der Waals surface area contributed by atoms with Crippen LogP contribution in [-0.4, -0.2) is 59.4 Å². The smallest absolute Gasteiger partial charge is 0.242 e. The zero-order chi connectivity index (χ0) is 34.1. The first kappa shape index (κ1) is 34.9. The number of fused-ring (bicyclic) bond motifs is 3. The van der Waals surface area contributed by atoms with Gasteiger partial charge in [0.05, 0.1) is 46.7 Å². The lowest BCUT2D eigenvalue weighted by atomic mass is 9.95. The van der Waals surface area contributed by atoms with Crippen molar-refractivity contribution in [1.29, 1.82) is 0 Å². The average Bonchev–Trinajstić information content (AvgIpc) is 3.32. The van der Waals surface area contributed by atoms with Gasteiger partial charge < -0.3 is 39.6 Å². The Bertz CT molecular complexity index is 1630. The van der Waals surface area contributed by atoms with Crippen LogP contribution in [0.3, 0.4) is 0 Å². The number of nitrogens with one attached hydrogen (secondary N) is 3. The van der Waals surface area contributed by atoms with Gasteiger partial charge in [0.25, 0.3) is 0 Å². The van der Waals surface area contributed by atoms with Crippen LogP contribution in [0.25, 0.3) is 11.1 Å². The zero-order valence-corrected chi connectivity index (χ0v) is 28.2. The lowest BCUT2D eigenvalue weighted by molar-refractivity contribution is -0.123. The molecule has 0 bridgehead atoms. The Morgan fingerprint density at radius 3 is 2.23 bits per heavy atom. The van der Waals surface area contributed by atoms with E-state index in [-0.39, 0.29) is 42.0 Å². The predicted molar refractivity (Wildman–Crippen MR) is 181 cm³/mol. The quantitative estimate of drug-likeness (QED) is 0.209. The van der Waals surface area contributed by atoms with Gasteiger partial charge in [0.2, 0.25) is 23.0 Å². The van der Waals surface area contributed by atoms with Gasteiger partial charge in [0.15, 0.2) is 11.5 Å². The highest BCUT2D eigenvalue weighted by atomic mass is 16.5. The summed E-state index contributed by atoms with van der Waals surface area (Å²) in [5.74, 6) is 2.25. The molecule has 0 fully saturated rings. The molecule has 0 saturated heterocycles. The highest BCUT2D eigenvalue weighted by molar-refractivity contribution is 5.86. The number of methoxy groups -OCH3 is 4. The van der Waals surface area contributed by atoms with Crippen molar-refractivity contribution in [3.63, 3.8) is 0 Å². The molecule has 0 aromatic heterocycles. The molecule has 11 heteroatoms. The molecule has 1 aliphatic rings. The molecule has 11 nitrogen and oxygen atoms in total. The minimum atomic E-state index is -0.687. The summed E-state index contributed by atoms with van der Waals surface area (Å²) < 4.78 is 28.1. The molecule has 0 saturated carbocycles. The number of hydrogen-bond donors (Lipinski definition) is 3. The average molecular weight is 648 g/mol. The summed E-state index contributed by atoms with van der Waals surface area (Å²) in [6.45, 7) is 5.96. The molecule has 4 rings (SSSR count). The van der Waals surface area contributed by atoms with E-state index in [4.69, 9.17) is 23.7 Å². The van der Waals surface area contributed by atoms with Gasteiger partial charge in [-0.15, -0.1) is 0 Å². The van der Waals surface area contributed by atoms with Crippen LogP contribution in [0.15, 0.2) is 53.3 Å². The lowest BCUT2D eigenvalue weighted by Gasteiger charge is -2.24. The Morgan fingerprint density at radius 2 is 1.62 bits per heavy atom. The molecule has 47 heavy (non-hydrogen) atoms. The lowest BCUT2D eigenvalue weighted by Crippen LogP contribution is -2.45. The summed E-state index contributed by atoms with van der Waals surface area (Å²) in [6, 6.07) is 13.0. The van der Waals surface area contributed by atoms with Crippen molar-refractivity contribution in [3.8, 4) is 39.9 Å². The van der Waals surface area contributed by atoms with Crippen molar-refractivity contribution in [2.45, 2.75) is 52.1 Å². The topological polar surface area (TPSA) is 133 Å². The third-order valence-electron chi connectivity index (χ3n) is 8.45. The fraction of sp³-hybridized carbons (Fsp3) is 0.417. The van der Waals surface area contributed by atoms with Gasteiger partial charge in [-0.2, -0.15) is 0 Å². The molecule has 3 aromatic carbocycles. The Kier molecular flexibility index (Phi) is 11.9.